The Hall–Kier alpha value is -5.56. The van der Waals surface area contributed by atoms with Crippen molar-refractivity contribution in [1.82, 2.24) is 19.9 Å². The molecule has 39 heavy (non-hydrogen) atoms. The molecule has 0 aliphatic heterocycles. The van der Waals surface area contributed by atoms with Gasteiger partial charge in [0.1, 0.15) is 0 Å². The van der Waals surface area contributed by atoms with Crippen molar-refractivity contribution in [2.45, 2.75) is 0 Å². The zero-order valence-electron chi connectivity index (χ0n) is 21.0. The van der Waals surface area contributed by atoms with Crippen molar-refractivity contribution in [3.8, 4) is 22.5 Å². The molecule has 6 rings (SSSR count). The standard InChI is InChI=1S/C26H18N6.C6H7N/c27-23-12-17(18-9-20(15-29-13-18)24-5-1-3-7-31-24)11-22(26(23)28)19-10-21(16-30-14-19)25-6-2-4-8-32-25;7-6-4-2-1-3-5-6/h1-16,27-28H;1-5H,7H2. The van der Waals surface area contributed by atoms with Crippen LogP contribution in [0.15, 0.2) is 128 Å². The van der Waals surface area contributed by atoms with E-state index in [4.69, 9.17) is 16.6 Å². The summed E-state index contributed by atoms with van der Waals surface area (Å²) in [5.74, 6) is 0. The van der Waals surface area contributed by atoms with E-state index in [1.807, 2.05) is 84.9 Å². The Morgan fingerprint density at radius 3 is 1.64 bits per heavy atom. The highest BCUT2D eigenvalue weighted by molar-refractivity contribution is 6.61. The number of benzene rings is 1. The van der Waals surface area contributed by atoms with E-state index in [0.717, 1.165) is 44.9 Å². The van der Waals surface area contributed by atoms with E-state index in [1.54, 1.807) is 43.3 Å². The number of pyridine rings is 4. The summed E-state index contributed by atoms with van der Waals surface area (Å²) < 4.78 is 0. The molecule has 4 N–H and O–H groups in total. The lowest BCUT2D eigenvalue weighted by Gasteiger charge is -2.17. The van der Waals surface area contributed by atoms with Crippen LogP contribution in [-0.4, -0.2) is 31.4 Å². The number of anilines is 1. The number of nitrogens with one attached hydrogen (secondary N) is 2. The molecule has 0 spiro atoms. The molecule has 188 valence electrons. The highest BCUT2D eigenvalue weighted by Crippen LogP contribution is 2.30. The number of allylic oxidation sites excluding steroid dienone is 4. The molecule has 0 bridgehead atoms. The second-order valence-electron chi connectivity index (χ2n) is 8.71. The van der Waals surface area contributed by atoms with Crippen molar-refractivity contribution in [2.75, 3.05) is 5.73 Å². The first kappa shape index (κ1) is 25.1. The van der Waals surface area contributed by atoms with Crippen LogP contribution in [-0.2, 0) is 0 Å². The lowest BCUT2D eigenvalue weighted by Crippen LogP contribution is -2.16. The van der Waals surface area contributed by atoms with Gasteiger partial charge in [-0.2, -0.15) is 0 Å². The van der Waals surface area contributed by atoms with Gasteiger partial charge in [-0.3, -0.25) is 30.8 Å². The van der Waals surface area contributed by atoms with E-state index in [1.165, 1.54) is 0 Å². The highest BCUT2D eigenvalue weighted by Gasteiger charge is 2.20. The fourth-order valence-electron chi connectivity index (χ4n) is 4.02. The van der Waals surface area contributed by atoms with E-state index in [9.17, 15) is 0 Å². The summed E-state index contributed by atoms with van der Waals surface area (Å²) in [7, 11) is 0. The van der Waals surface area contributed by atoms with Crippen molar-refractivity contribution in [3.63, 3.8) is 0 Å². The zero-order valence-corrected chi connectivity index (χ0v) is 21.0. The fraction of sp³-hybridized carbons (Fsp3) is 0. The molecule has 1 aromatic carbocycles. The van der Waals surface area contributed by atoms with E-state index >= 15 is 0 Å². The topological polar surface area (TPSA) is 125 Å². The van der Waals surface area contributed by atoms with E-state index in [-0.39, 0.29) is 11.4 Å². The van der Waals surface area contributed by atoms with Crippen LogP contribution in [0.25, 0.3) is 33.7 Å². The molecule has 7 heteroatoms. The lowest BCUT2D eigenvalue weighted by atomic mass is 9.88. The summed E-state index contributed by atoms with van der Waals surface area (Å²) in [5, 5.41) is 16.9. The lowest BCUT2D eigenvalue weighted by molar-refractivity contribution is 1.26. The molecule has 7 nitrogen and oxygen atoms in total. The van der Waals surface area contributed by atoms with Gasteiger partial charge in [0.2, 0.25) is 0 Å². The third-order valence-electron chi connectivity index (χ3n) is 5.98. The third kappa shape index (κ3) is 6.06. The van der Waals surface area contributed by atoms with Crippen LogP contribution in [0.3, 0.4) is 0 Å². The molecule has 1 aliphatic carbocycles. The summed E-state index contributed by atoms with van der Waals surface area (Å²) in [6.07, 6.45) is 14.1. The Kier molecular flexibility index (Phi) is 7.51. The number of aromatic nitrogens is 4. The quantitative estimate of drug-likeness (QED) is 0.192. The van der Waals surface area contributed by atoms with Crippen molar-refractivity contribution >= 4 is 28.3 Å². The van der Waals surface area contributed by atoms with E-state index in [2.05, 4.69) is 19.9 Å². The fourth-order valence-corrected chi connectivity index (χ4v) is 4.02. The Bertz CT molecular complexity index is 1680. The number of para-hydroxylation sites is 1. The normalized spacial score (nSPS) is 12.6. The number of hydrogen-bond acceptors (Lipinski definition) is 7. The number of rotatable bonds is 4. The molecule has 0 saturated carbocycles. The Morgan fingerprint density at radius 2 is 1.10 bits per heavy atom. The van der Waals surface area contributed by atoms with Crippen molar-refractivity contribution < 1.29 is 0 Å². The van der Waals surface area contributed by atoms with Gasteiger partial charge >= 0.3 is 0 Å². The average Bonchev–Trinajstić information content (AvgIpc) is 3.00. The van der Waals surface area contributed by atoms with Crippen LogP contribution < -0.4 is 5.73 Å². The van der Waals surface area contributed by atoms with E-state index in [0.29, 0.717) is 5.57 Å². The summed E-state index contributed by atoms with van der Waals surface area (Å²) in [6, 6.07) is 24.9. The Labute approximate surface area is 226 Å². The second-order valence-corrected chi connectivity index (χ2v) is 8.71. The first-order chi connectivity index (χ1) is 19.1. The first-order valence-corrected chi connectivity index (χ1v) is 12.2. The smallest absolute Gasteiger partial charge is 0.0868 e. The molecule has 4 heterocycles. The maximum Gasteiger partial charge on any atom is 0.0868 e. The minimum absolute atomic E-state index is 0.143. The highest BCUT2D eigenvalue weighted by atomic mass is 14.7. The summed E-state index contributed by atoms with van der Waals surface area (Å²) in [5.41, 5.74) is 12.9. The average molecular weight is 508 g/mol. The molecule has 0 saturated heterocycles. The third-order valence-corrected chi connectivity index (χ3v) is 5.98. The minimum Gasteiger partial charge on any atom is -0.399 e. The molecule has 4 aromatic heterocycles. The predicted octanol–water partition coefficient (Wildman–Crippen LogP) is 6.39. The van der Waals surface area contributed by atoms with Crippen LogP contribution in [0.4, 0.5) is 5.69 Å². The molecule has 0 amide bonds. The van der Waals surface area contributed by atoms with Crippen LogP contribution in [0, 0.1) is 10.8 Å². The monoisotopic (exact) mass is 507 g/mol. The molecular weight excluding hydrogens is 482 g/mol. The van der Waals surface area contributed by atoms with Crippen molar-refractivity contribution in [1.29, 1.82) is 10.8 Å². The maximum atomic E-state index is 8.49. The van der Waals surface area contributed by atoms with Crippen LogP contribution in [0.2, 0.25) is 0 Å². The number of nitrogens with two attached hydrogens (primary N) is 1. The van der Waals surface area contributed by atoms with Crippen LogP contribution >= 0.6 is 0 Å². The van der Waals surface area contributed by atoms with Gasteiger partial charge in [0, 0.05) is 70.7 Å². The van der Waals surface area contributed by atoms with E-state index < -0.39 is 0 Å². The van der Waals surface area contributed by atoms with Gasteiger partial charge < -0.3 is 5.73 Å². The van der Waals surface area contributed by atoms with Gasteiger partial charge in [-0.15, -0.1) is 0 Å². The second kappa shape index (κ2) is 11.7. The molecule has 1 aliphatic rings. The molecule has 5 aromatic rings. The van der Waals surface area contributed by atoms with Gasteiger partial charge in [0.05, 0.1) is 22.8 Å². The SMILES string of the molecule is N=C1C=C(c2cncc(-c3ccccn3)c2)C=C(c2cncc(-c3ccccn3)c2)C1=N.Nc1ccccc1. The van der Waals surface area contributed by atoms with Crippen LogP contribution in [0.1, 0.15) is 11.1 Å². The van der Waals surface area contributed by atoms with Gasteiger partial charge in [-0.1, -0.05) is 30.3 Å². The summed E-state index contributed by atoms with van der Waals surface area (Å²) in [6.45, 7) is 0. The zero-order chi connectivity index (χ0) is 27.0. The number of nitrogen functional groups attached to an aromatic ring is 1. The van der Waals surface area contributed by atoms with Crippen molar-refractivity contribution in [2.24, 2.45) is 0 Å². The summed E-state index contributed by atoms with van der Waals surface area (Å²) >= 11 is 0. The summed E-state index contributed by atoms with van der Waals surface area (Å²) in [4.78, 5) is 17.5. The van der Waals surface area contributed by atoms with Gasteiger partial charge in [0.25, 0.3) is 0 Å². The molecule has 0 unspecified atom stereocenters. The molecule has 0 fully saturated rings. The van der Waals surface area contributed by atoms with Gasteiger partial charge in [0.15, 0.2) is 0 Å². The maximum absolute atomic E-state index is 8.49. The first-order valence-electron chi connectivity index (χ1n) is 12.2. The largest absolute Gasteiger partial charge is 0.399 e. The molecule has 0 radical (unpaired) electrons. The van der Waals surface area contributed by atoms with Gasteiger partial charge in [-0.25, -0.2) is 0 Å². The number of hydrogen-bond donors (Lipinski definition) is 3. The Balaban J connectivity index is 0.000000384. The Morgan fingerprint density at radius 1 is 0.564 bits per heavy atom. The van der Waals surface area contributed by atoms with Crippen molar-refractivity contribution in [3.05, 3.63) is 139 Å². The molecule has 0 atom stereocenters. The number of nitrogens with zero attached hydrogens (tertiary/aromatic N) is 4. The van der Waals surface area contributed by atoms with Gasteiger partial charge in [-0.05, 0) is 66.3 Å². The molecular formula is C32H25N7. The minimum atomic E-state index is 0.143. The predicted molar refractivity (Wildman–Crippen MR) is 157 cm³/mol. The van der Waals surface area contributed by atoms with Crippen LogP contribution in [0.5, 0.6) is 0 Å².